The summed E-state index contributed by atoms with van der Waals surface area (Å²) in [6.45, 7) is 0. The van der Waals surface area contributed by atoms with E-state index in [1.54, 1.807) is 23.8 Å². The number of carbonyl (C=O) groups excluding carboxylic acids is 1. The topological polar surface area (TPSA) is 63.4 Å². The predicted octanol–water partition coefficient (Wildman–Crippen LogP) is 5.74. The van der Waals surface area contributed by atoms with Gasteiger partial charge in [-0.1, -0.05) is 31.0 Å². The molecule has 0 bridgehead atoms. The Morgan fingerprint density at radius 1 is 0.971 bits per heavy atom. The van der Waals surface area contributed by atoms with E-state index in [4.69, 9.17) is 0 Å². The summed E-state index contributed by atoms with van der Waals surface area (Å²) in [5.74, 6) is 0.703. The molecule has 1 aromatic carbocycles. The molecule has 0 N–H and O–H groups in total. The lowest BCUT2D eigenvalue weighted by Crippen LogP contribution is -2.28. The number of fused-ring (bicyclic) bond motifs is 1. The Morgan fingerprint density at radius 3 is 2.35 bits per heavy atom. The number of rotatable bonds is 4. The van der Waals surface area contributed by atoms with Crippen molar-refractivity contribution in [1.29, 1.82) is 0 Å². The van der Waals surface area contributed by atoms with Crippen LogP contribution in [0.1, 0.15) is 53.2 Å². The number of aromatic nitrogens is 4. The molecular weight excluding hydrogens is 443 g/mol. The van der Waals surface area contributed by atoms with Crippen LogP contribution < -0.4 is 4.90 Å². The smallest absolute Gasteiger partial charge is 0.296 e. The van der Waals surface area contributed by atoms with E-state index < -0.39 is 11.7 Å². The lowest BCUT2D eigenvalue weighted by molar-refractivity contribution is -0.137. The van der Waals surface area contributed by atoms with Crippen LogP contribution in [-0.2, 0) is 6.18 Å². The number of nitrogens with zero attached hydrogens (tertiary/aromatic N) is 5. The number of halogens is 3. The Kier molecular flexibility index (Phi) is 5.55. The van der Waals surface area contributed by atoms with E-state index in [9.17, 15) is 18.0 Å². The van der Waals surface area contributed by atoms with Crippen molar-refractivity contribution < 1.29 is 18.0 Å². The summed E-state index contributed by atoms with van der Waals surface area (Å²) >= 11 is 0. The quantitative estimate of drug-likeness (QED) is 0.385. The number of imidazole rings is 1. The summed E-state index contributed by atoms with van der Waals surface area (Å²) in [7, 11) is 1.64. The van der Waals surface area contributed by atoms with Gasteiger partial charge in [-0.25, -0.2) is 15.0 Å². The van der Waals surface area contributed by atoms with E-state index >= 15 is 0 Å². The number of amides is 1. The summed E-state index contributed by atoms with van der Waals surface area (Å²) in [6.07, 6.45) is 6.80. The molecule has 9 heteroatoms. The second kappa shape index (κ2) is 8.55. The van der Waals surface area contributed by atoms with Gasteiger partial charge in [0.05, 0.1) is 23.7 Å². The molecule has 1 aliphatic rings. The lowest BCUT2D eigenvalue weighted by atomic mass is 10.00. The number of anilines is 1. The first-order chi connectivity index (χ1) is 16.3. The highest BCUT2D eigenvalue weighted by Crippen LogP contribution is 2.34. The van der Waals surface area contributed by atoms with E-state index in [0.29, 0.717) is 28.6 Å². The number of hydrogen-bond acceptors (Lipinski definition) is 4. The molecule has 1 aliphatic carbocycles. The molecule has 174 valence electrons. The summed E-state index contributed by atoms with van der Waals surface area (Å²) < 4.78 is 40.3. The van der Waals surface area contributed by atoms with Crippen molar-refractivity contribution in [3.05, 3.63) is 78.0 Å². The molecule has 0 spiro atoms. The molecule has 0 saturated heterocycles. The van der Waals surface area contributed by atoms with E-state index in [1.165, 1.54) is 54.5 Å². The molecule has 34 heavy (non-hydrogen) atoms. The van der Waals surface area contributed by atoms with Crippen LogP contribution in [0.4, 0.5) is 19.0 Å². The van der Waals surface area contributed by atoms with E-state index in [1.807, 2.05) is 18.3 Å². The van der Waals surface area contributed by atoms with Crippen LogP contribution in [0.3, 0.4) is 0 Å². The van der Waals surface area contributed by atoms with Crippen LogP contribution in [0.25, 0.3) is 16.9 Å². The highest BCUT2D eigenvalue weighted by Gasteiger charge is 2.30. The maximum absolute atomic E-state index is 13.1. The van der Waals surface area contributed by atoms with Gasteiger partial charge in [0.2, 0.25) is 0 Å². The molecule has 5 rings (SSSR count). The van der Waals surface area contributed by atoms with Crippen LogP contribution in [0.2, 0.25) is 0 Å². The lowest BCUT2D eigenvalue weighted by Gasteiger charge is -2.17. The maximum Gasteiger partial charge on any atom is 0.416 e. The summed E-state index contributed by atoms with van der Waals surface area (Å²) in [5, 5.41) is 0. The van der Waals surface area contributed by atoms with Crippen molar-refractivity contribution in [2.75, 3.05) is 11.9 Å². The summed E-state index contributed by atoms with van der Waals surface area (Å²) in [4.78, 5) is 27.5. The number of benzene rings is 1. The zero-order valence-corrected chi connectivity index (χ0v) is 18.5. The number of alkyl halides is 3. The second-order valence-corrected chi connectivity index (χ2v) is 8.51. The highest BCUT2D eigenvalue weighted by molar-refractivity contribution is 6.03. The van der Waals surface area contributed by atoms with E-state index in [2.05, 4.69) is 15.0 Å². The van der Waals surface area contributed by atoms with E-state index in [-0.39, 0.29) is 11.6 Å². The third-order valence-electron chi connectivity index (χ3n) is 6.37. The number of hydrogen-bond donors (Lipinski definition) is 0. The molecule has 4 aromatic rings. The molecule has 0 atom stereocenters. The second-order valence-electron chi connectivity index (χ2n) is 8.51. The van der Waals surface area contributed by atoms with Crippen molar-refractivity contribution >= 4 is 17.4 Å². The molecule has 0 unspecified atom stereocenters. The van der Waals surface area contributed by atoms with E-state index in [0.717, 1.165) is 12.1 Å². The van der Waals surface area contributed by atoms with Gasteiger partial charge in [0.25, 0.3) is 5.91 Å². The van der Waals surface area contributed by atoms with Gasteiger partial charge in [-0.15, -0.1) is 0 Å². The van der Waals surface area contributed by atoms with Crippen molar-refractivity contribution in [1.82, 2.24) is 19.4 Å². The normalized spacial score (nSPS) is 14.6. The van der Waals surface area contributed by atoms with Gasteiger partial charge in [-0.05, 0) is 42.5 Å². The first-order valence-corrected chi connectivity index (χ1v) is 11.1. The monoisotopic (exact) mass is 465 g/mol. The highest BCUT2D eigenvalue weighted by atomic mass is 19.4. The van der Waals surface area contributed by atoms with Crippen LogP contribution in [0, 0.1) is 0 Å². The zero-order valence-electron chi connectivity index (χ0n) is 18.5. The first kappa shape index (κ1) is 22.1. The fourth-order valence-electron chi connectivity index (χ4n) is 4.42. The molecule has 0 aliphatic heterocycles. The third kappa shape index (κ3) is 4.13. The number of pyridine rings is 1. The van der Waals surface area contributed by atoms with Crippen molar-refractivity contribution in [2.45, 2.75) is 37.8 Å². The Balaban J connectivity index is 1.41. The third-order valence-corrected chi connectivity index (χ3v) is 6.37. The van der Waals surface area contributed by atoms with Gasteiger partial charge < -0.3 is 0 Å². The Labute approximate surface area is 194 Å². The minimum atomic E-state index is -4.41. The van der Waals surface area contributed by atoms with Crippen molar-refractivity contribution in [2.24, 2.45) is 0 Å². The van der Waals surface area contributed by atoms with Crippen LogP contribution in [0.5, 0.6) is 0 Å². The average molecular weight is 465 g/mol. The Morgan fingerprint density at radius 2 is 1.71 bits per heavy atom. The molecule has 3 aromatic heterocycles. The van der Waals surface area contributed by atoms with Gasteiger partial charge in [0, 0.05) is 25.0 Å². The van der Waals surface area contributed by atoms with Crippen LogP contribution >= 0.6 is 0 Å². The van der Waals surface area contributed by atoms with Gasteiger partial charge in [0.15, 0.2) is 5.65 Å². The average Bonchev–Trinajstić information content (AvgIpc) is 3.53. The molecule has 1 saturated carbocycles. The van der Waals surface area contributed by atoms with Gasteiger partial charge in [0.1, 0.15) is 11.5 Å². The minimum Gasteiger partial charge on any atom is -0.296 e. The molecule has 1 amide bonds. The molecular formula is C25H22F3N5O. The fourth-order valence-corrected chi connectivity index (χ4v) is 4.42. The van der Waals surface area contributed by atoms with Crippen molar-refractivity contribution in [3.63, 3.8) is 0 Å². The largest absolute Gasteiger partial charge is 0.416 e. The Bertz CT molecular complexity index is 1320. The summed E-state index contributed by atoms with van der Waals surface area (Å²) in [6, 6.07) is 8.69. The Hall–Kier alpha value is -3.75. The fraction of sp³-hybridized carbons (Fsp3) is 0.280. The van der Waals surface area contributed by atoms with Crippen LogP contribution in [0.15, 0.2) is 61.2 Å². The maximum atomic E-state index is 13.1. The molecule has 0 radical (unpaired) electrons. The minimum absolute atomic E-state index is 0.169. The predicted molar refractivity (Wildman–Crippen MR) is 122 cm³/mol. The van der Waals surface area contributed by atoms with Gasteiger partial charge in [-0.3, -0.25) is 14.1 Å². The summed E-state index contributed by atoms with van der Waals surface area (Å²) in [5.41, 5.74) is 2.22. The molecule has 3 heterocycles. The zero-order chi connectivity index (χ0) is 23.9. The van der Waals surface area contributed by atoms with Gasteiger partial charge >= 0.3 is 6.18 Å². The number of carbonyl (C=O) groups is 1. The van der Waals surface area contributed by atoms with Gasteiger partial charge in [-0.2, -0.15) is 13.2 Å². The molecule has 6 nitrogen and oxygen atoms in total. The van der Waals surface area contributed by atoms with Crippen LogP contribution in [-0.4, -0.2) is 32.3 Å². The SMILES string of the molecule is CN(C(=O)c1cn2c(-c3ccc(C(F)(F)F)cc3)cnc2cn1)c1ccc(C2CCCC2)cn1. The first-order valence-electron chi connectivity index (χ1n) is 11.1. The standard InChI is InChI=1S/C25H22F3N5O/c1-32(22-11-8-18(12-30-22)16-4-2-3-5-16)24(34)20-15-33-21(13-31-23(33)14-29-20)17-6-9-19(10-7-17)25(26,27)28/h6-16H,2-5H2,1H3. The molecule has 1 fully saturated rings. The van der Waals surface area contributed by atoms with Crippen molar-refractivity contribution in [3.8, 4) is 11.3 Å².